The van der Waals surface area contributed by atoms with E-state index in [0.717, 1.165) is 12.5 Å². The van der Waals surface area contributed by atoms with Crippen LogP contribution in [0.5, 0.6) is 0 Å². The third-order valence-corrected chi connectivity index (χ3v) is 4.93. The molecule has 1 aliphatic rings. The van der Waals surface area contributed by atoms with E-state index in [4.69, 9.17) is 0 Å². The van der Waals surface area contributed by atoms with E-state index in [1.165, 1.54) is 64.3 Å². The van der Waals surface area contributed by atoms with Gasteiger partial charge in [-0.25, -0.2) is 0 Å². The summed E-state index contributed by atoms with van der Waals surface area (Å²) >= 11 is 0. The molecule has 1 fully saturated rings. The molecule has 0 heterocycles. The Bertz CT molecular complexity index is 174. The normalized spacial score (nSPS) is 21.4. The van der Waals surface area contributed by atoms with Gasteiger partial charge in [0.1, 0.15) is 0 Å². The average Bonchev–Trinajstić information content (AvgIpc) is 2.41. The van der Waals surface area contributed by atoms with Gasteiger partial charge in [0.15, 0.2) is 0 Å². The molecule has 0 aromatic heterocycles. The Morgan fingerprint density at radius 2 is 1.76 bits per heavy atom. The Labute approximate surface area is 109 Å². The fraction of sp³-hybridized carbons (Fsp3) is 1.00. The molecule has 0 aromatic rings. The van der Waals surface area contributed by atoms with Crippen molar-refractivity contribution in [3.63, 3.8) is 0 Å². The van der Waals surface area contributed by atoms with E-state index < -0.39 is 0 Å². The van der Waals surface area contributed by atoms with E-state index >= 15 is 0 Å². The molecule has 1 rings (SSSR count). The molecule has 0 saturated heterocycles. The summed E-state index contributed by atoms with van der Waals surface area (Å²) in [5.41, 5.74) is 0.604. The number of hydrogen-bond acceptors (Lipinski definition) is 1. The predicted molar refractivity (Wildman–Crippen MR) is 77.4 cm³/mol. The number of unbranched alkanes of at least 4 members (excludes halogenated alkanes) is 1. The number of rotatable bonds is 8. The molecule has 0 aliphatic heterocycles. The second-order valence-electron chi connectivity index (χ2n) is 5.93. The fourth-order valence-corrected chi connectivity index (χ4v) is 3.65. The topological polar surface area (TPSA) is 12.0 Å². The highest BCUT2D eigenvalue weighted by molar-refractivity contribution is 4.89. The van der Waals surface area contributed by atoms with Crippen molar-refractivity contribution in [3.8, 4) is 0 Å². The fourth-order valence-electron chi connectivity index (χ4n) is 3.65. The summed E-state index contributed by atoms with van der Waals surface area (Å²) in [5.74, 6) is 0.992. The summed E-state index contributed by atoms with van der Waals surface area (Å²) in [7, 11) is 0. The molecule has 1 aliphatic carbocycles. The Morgan fingerprint density at radius 3 is 2.29 bits per heavy atom. The van der Waals surface area contributed by atoms with Gasteiger partial charge in [-0.1, -0.05) is 52.9 Å². The van der Waals surface area contributed by atoms with Crippen molar-refractivity contribution >= 4 is 0 Å². The van der Waals surface area contributed by atoms with Crippen molar-refractivity contribution in [2.24, 2.45) is 11.3 Å². The summed E-state index contributed by atoms with van der Waals surface area (Å²) in [4.78, 5) is 0. The lowest BCUT2D eigenvalue weighted by molar-refractivity contribution is 0.0935. The Hall–Kier alpha value is -0.0400. The van der Waals surface area contributed by atoms with Crippen molar-refractivity contribution in [3.05, 3.63) is 0 Å². The second-order valence-corrected chi connectivity index (χ2v) is 5.93. The predicted octanol–water partition coefficient (Wildman–Crippen LogP) is 4.76. The maximum atomic E-state index is 3.65. The lowest BCUT2D eigenvalue weighted by atomic mass is 9.64. The molecule has 1 atom stereocenters. The van der Waals surface area contributed by atoms with Crippen LogP contribution in [-0.4, -0.2) is 13.1 Å². The molecule has 0 aromatic carbocycles. The molecule has 17 heavy (non-hydrogen) atoms. The molecule has 1 saturated carbocycles. The van der Waals surface area contributed by atoms with E-state index in [1.807, 2.05) is 0 Å². The second kappa shape index (κ2) is 8.13. The van der Waals surface area contributed by atoms with Crippen LogP contribution in [0.4, 0.5) is 0 Å². The zero-order valence-electron chi connectivity index (χ0n) is 12.4. The van der Waals surface area contributed by atoms with Crippen molar-refractivity contribution in [1.29, 1.82) is 0 Å². The minimum absolute atomic E-state index is 0.604. The van der Waals surface area contributed by atoms with Gasteiger partial charge in [-0.3, -0.25) is 0 Å². The van der Waals surface area contributed by atoms with Crippen LogP contribution in [0.25, 0.3) is 0 Å². The van der Waals surface area contributed by atoms with E-state index in [0.29, 0.717) is 5.41 Å². The Morgan fingerprint density at radius 1 is 1.06 bits per heavy atom. The first-order valence-electron chi connectivity index (χ1n) is 7.99. The first-order valence-corrected chi connectivity index (χ1v) is 7.99. The van der Waals surface area contributed by atoms with Crippen LogP contribution in [0.2, 0.25) is 0 Å². The SMILES string of the molecule is CCCCC(CC)(CNCC)C1CCCCC1. The number of nitrogens with one attached hydrogen (secondary N) is 1. The Balaban J connectivity index is 2.64. The van der Waals surface area contributed by atoms with Gasteiger partial charge < -0.3 is 5.32 Å². The van der Waals surface area contributed by atoms with Crippen LogP contribution in [0, 0.1) is 11.3 Å². The van der Waals surface area contributed by atoms with Crippen LogP contribution in [0.3, 0.4) is 0 Å². The third kappa shape index (κ3) is 4.28. The van der Waals surface area contributed by atoms with Crippen LogP contribution in [-0.2, 0) is 0 Å². The van der Waals surface area contributed by atoms with E-state index in [-0.39, 0.29) is 0 Å². The van der Waals surface area contributed by atoms with E-state index in [1.54, 1.807) is 0 Å². The van der Waals surface area contributed by atoms with Gasteiger partial charge >= 0.3 is 0 Å². The molecule has 0 spiro atoms. The van der Waals surface area contributed by atoms with Crippen LogP contribution in [0.15, 0.2) is 0 Å². The van der Waals surface area contributed by atoms with Crippen molar-refractivity contribution in [1.82, 2.24) is 5.32 Å². The van der Waals surface area contributed by atoms with Gasteiger partial charge in [-0.15, -0.1) is 0 Å². The number of hydrogen-bond donors (Lipinski definition) is 1. The molecule has 1 N–H and O–H groups in total. The quantitative estimate of drug-likeness (QED) is 0.644. The zero-order valence-corrected chi connectivity index (χ0v) is 12.4. The summed E-state index contributed by atoms with van der Waals surface area (Å²) in [6.45, 7) is 9.36. The van der Waals surface area contributed by atoms with E-state index in [9.17, 15) is 0 Å². The maximum absolute atomic E-state index is 3.65. The van der Waals surface area contributed by atoms with Gasteiger partial charge in [0.2, 0.25) is 0 Å². The minimum Gasteiger partial charge on any atom is -0.316 e. The molecule has 0 bridgehead atoms. The molecule has 0 radical (unpaired) electrons. The lowest BCUT2D eigenvalue weighted by Crippen LogP contribution is -2.41. The van der Waals surface area contributed by atoms with Gasteiger partial charge in [-0.2, -0.15) is 0 Å². The van der Waals surface area contributed by atoms with Gasteiger partial charge in [0.05, 0.1) is 0 Å². The summed E-state index contributed by atoms with van der Waals surface area (Å²) in [6.07, 6.45) is 13.0. The molecule has 1 heteroatoms. The van der Waals surface area contributed by atoms with Crippen LogP contribution in [0.1, 0.15) is 78.6 Å². The first kappa shape index (κ1) is 15.0. The first-order chi connectivity index (χ1) is 8.29. The van der Waals surface area contributed by atoms with Gasteiger partial charge in [0, 0.05) is 6.54 Å². The highest BCUT2D eigenvalue weighted by Crippen LogP contribution is 2.44. The smallest absolute Gasteiger partial charge is 0.00102 e. The summed E-state index contributed by atoms with van der Waals surface area (Å²) < 4.78 is 0. The van der Waals surface area contributed by atoms with Gasteiger partial charge in [-0.05, 0) is 43.6 Å². The molecular formula is C16H33N. The van der Waals surface area contributed by atoms with Crippen molar-refractivity contribution in [2.75, 3.05) is 13.1 Å². The lowest BCUT2D eigenvalue weighted by Gasteiger charge is -2.43. The standard InChI is InChI=1S/C16H33N/c1-4-7-13-16(5-2,14-17-6-3)15-11-9-8-10-12-15/h15,17H,4-14H2,1-3H3. The average molecular weight is 239 g/mol. The minimum atomic E-state index is 0.604. The Kier molecular flexibility index (Phi) is 7.18. The largest absolute Gasteiger partial charge is 0.316 e. The highest BCUT2D eigenvalue weighted by atomic mass is 14.9. The molecule has 1 nitrogen and oxygen atoms in total. The summed E-state index contributed by atoms with van der Waals surface area (Å²) in [6, 6.07) is 0. The van der Waals surface area contributed by atoms with Crippen LogP contribution < -0.4 is 5.32 Å². The van der Waals surface area contributed by atoms with Crippen molar-refractivity contribution < 1.29 is 0 Å². The highest BCUT2D eigenvalue weighted by Gasteiger charge is 2.36. The zero-order chi connectivity index (χ0) is 12.6. The molecule has 0 amide bonds. The molecular weight excluding hydrogens is 206 g/mol. The van der Waals surface area contributed by atoms with E-state index in [2.05, 4.69) is 26.1 Å². The van der Waals surface area contributed by atoms with Crippen LogP contribution >= 0.6 is 0 Å². The third-order valence-electron chi connectivity index (χ3n) is 4.93. The maximum Gasteiger partial charge on any atom is 0.00102 e. The molecule has 102 valence electrons. The van der Waals surface area contributed by atoms with Crippen molar-refractivity contribution in [2.45, 2.75) is 78.6 Å². The van der Waals surface area contributed by atoms with Gasteiger partial charge in [0.25, 0.3) is 0 Å². The summed E-state index contributed by atoms with van der Waals surface area (Å²) in [5, 5.41) is 3.65. The monoisotopic (exact) mass is 239 g/mol. The molecule has 1 unspecified atom stereocenters.